The molecule has 0 bridgehead atoms. The van der Waals surface area contributed by atoms with Crippen LogP contribution in [0.2, 0.25) is 0 Å². The monoisotopic (exact) mass is 439 g/mol. The van der Waals surface area contributed by atoms with E-state index in [0.29, 0.717) is 28.1 Å². The van der Waals surface area contributed by atoms with Crippen LogP contribution in [-0.2, 0) is 14.1 Å². The minimum Gasteiger partial charge on any atom is -0.474 e. The van der Waals surface area contributed by atoms with Gasteiger partial charge in [-0.3, -0.25) is 13.9 Å². The summed E-state index contributed by atoms with van der Waals surface area (Å²) in [6.07, 6.45) is 0.961. The van der Waals surface area contributed by atoms with Crippen molar-refractivity contribution in [3.05, 3.63) is 105 Å². The number of para-hydroxylation sites is 2. The standard InChI is InChI=1S/C26H21N3O4/c1-15-9-4-5-10-16(15)21-20-22(27(2)26(31)28(3)25(20)30)23-24(19-13-8-14-32-19)33-18-12-7-6-11-17(18)29(21)23/h4-14,24H,1-3H3. The van der Waals surface area contributed by atoms with Crippen molar-refractivity contribution in [3.8, 4) is 22.7 Å². The van der Waals surface area contributed by atoms with Gasteiger partial charge in [0.15, 0.2) is 11.9 Å². The van der Waals surface area contributed by atoms with Gasteiger partial charge < -0.3 is 13.7 Å². The molecule has 1 atom stereocenters. The summed E-state index contributed by atoms with van der Waals surface area (Å²) in [7, 11) is 3.20. The summed E-state index contributed by atoms with van der Waals surface area (Å²) in [5, 5.41) is 0.473. The van der Waals surface area contributed by atoms with Gasteiger partial charge in [-0.05, 0) is 36.8 Å². The topological polar surface area (TPSA) is 71.3 Å². The maximum Gasteiger partial charge on any atom is 0.331 e. The highest BCUT2D eigenvalue weighted by Gasteiger charge is 2.37. The van der Waals surface area contributed by atoms with Crippen LogP contribution < -0.4 is 16.0 Å². The van der Waals surface area contributed by atoms with Crippen LogP contribution in [0.25, 0.3) is 27.8 Å². The zero-order valence-electron chi connectivity index (χ0n) is 18.4. The molecule has 1 unspecified atom stereocenters. The van der Waals surface area contributed by atoms with Crippen LogP contribution in [0.5, 0.6) is 5.75 Å². The summed E-state index contributed by atoms with van der Waals surface area (Å²) in [5.74, 6) is 1.26. The highest BCUT2D eigenvalue weighted by Crippen LogP contribution is 2.46. The second kappa shape index (κ2) is 6.87. The second-order valence-electron chi connectivity index (χ2n) is 8.29. The molecule has 0 aliphatic carbocycles. The lowest BCUT2D eigenvalue weighted by molar-refractivity contribution is 0.199. The summed E-state index contributed by atoms with van der Waals surface area (Å²) in [6.45, 7) is 2.02. The molecule has 0 fully saturated rings. The molecule has 0 spiro atoms. The van der Waals surface area contributed by atoms with Crippen molar-refractivity contribution in [3.63, 3.8) is 0 Å². The molecule has 33 heavy (non-hydrogen) atoms. The van der Waals surface area contributed by atoms with Gasteiger partial charge in [-0.2, -0.15) is 0 Å². The summed E-state index contributed by atoms with van der Waals surface area (Å²) < 4.78 is 16.9. The Kier molecular flexibility index (Phi) is 4.04. The fourth-order valence-corrected chi connectivity index (χ4v) is 4.84. The van der Waals surface area contributed by atoms with Crippen molar-refractivity contribution < 1.29 is 9.15 Å². The Morgan fingerprint density at radius 2 is 1.64 bits per heavy atom. The normalized spacial score (nSPS) is 14.7. The molecular formula is C26H21N3O4. The fraction of sp³-hybridized carbons (Fsp3) is 0.154. The Balaban J connectivity index is 1.91. The minimum atomic E-state index is -0.632. The second-order valence-corrected chi connectivity index (χ2v) is 8.29. The molecule has 2 aromatic carbocycles. The van der Waals surface area contributed by atoms with Gasteiger partial charge in [-0.15, -0.1) is 0 Å². The minimum absolute atomic E-state index is 0.344. The van der Waals surface area contributed by atoms with Crippen LogP contribution >= 0.6 is 0 Å². The number of fused-ring (bicyclic) bond motifs is 5. The molecule has 0 amide bonds. The Labute approximate surface area is 188 Å². The largest absolute Gasteiger partial charge is 0.474 e. The van der Waals surface area contributed by atoms with Crippen molar-refractivity contribution >= 4 is 10.9 Å². The molecule has 7 nitrogen and oxygen atoms in total. The highest BCUT2D eigenvalue weighted by molar-refractivity contribution is 5.98. The predicted octanol–water partition coefficient (Wildman–Crippen LogP) is 4.08. The van der Waals surface area contributed by atoms with Gasteiger partial charge in [0, 0.05) is 19.7 Å². The van der Waals surface area contributed by atoms with Crippen molar-refractivity contribution in [1.82, 2.24) is 13.7 Å². The number of aromatic nitrogens is 3. The molecule has 3 aromatic heterocycles. The number of aryl methyl sites for hydroxylation is 2. The van der Waals surface area contributed by atoms with E-state index in [9.17, 15) is 9.59 Å². The van der Waals surface area contributed by atoms with Crippen LogP contribution in [0, 0.1) is 6.92 Å². The van der Waals surface area contributed by atoms with Crippen LogP contribution in [-0.4, -0.2) is 13.7 Å². The average Bonchev–Trinajstić information content (AvgIpc) is 3.48. The van der Waals surface area contributed by atoms with Crippen LogP contribution in [0.15, 0.2) is 80.9 Å². The van der Waals surface area contributed by atoms with Crippen molar-refractivity contribution in [2.45, 2.75) is 13.0 Å². The molecule has 0 N–H and O–H groups in total. The number of furan rings is 1. The first kappa shape index (κ1) is 19.4. The average molecular weight is 439 g/mol. The molecule has 0 radical (unpaired) electrons. The van der Waals surface area contributed by atoms with Gasteiger partial charge in [0.1, 0.15) is 5.75 Å². The van der Waals surface area contributed by atoms with Gasteiger partial charge >= 0.3 is 5.69 Å². The zero-order chi connectivity index (χ0) is 22.9. The number of rotatable bonds is 2. The molecule has 4 heterocycles. The maximum absolute atomic E-state index is 13.6. The number of hydrogen-bond acceptors (Lipinski definition) is 4. The third-order valence-electron chi connectivity index (χ3n) is 6.41. The number of benzene rings is 2. The summed E-state index contributed by atoms with van der Waals surface area (Å²) in [6, 6.07) is 19.3. The van der Waals surface area contributed by atoms with E-state index in [1.807, 2.05) is 61.5 Å². The number of hydrogen-bond donors (Lipinski definition) is 0. The van der Waals surface area contributed by atoms with E-state index in [2.05, 4.69) is 4.57 Å². The number of ether oxygens (including phenoxy) is 1. The van der Waals surface area contributed by atoms with Crippen molar-refractivity contribution in [2.75, 3.05) is 0 Å². The Morgan fingerprint density at radius 1 is 0.879 bits per heavy atom. The molecular weight excluding hydrogens is 418 g/mol. The van der Waals surface area contributed by atoms with Gasteiger partial charge in [0.05, 0.1) is 34.2 Å². The molecule has 0 saturated carbocycles. The Bertz CT molecular complexity index is 1670. The molecule has 164 valence electrons. The maximum atomic E-state index is 13.6. The predicted molar refractivity (Wildman–Crippen MR) is 125 cm³/mol. The van der Waals surface area contributed by atoms with Gasteiger partial charge in [0.25, 0.3) is 5.56 Å². The molecule has 0 saturated heterocycles. The van der Waals surface area contributed by atoms with E-state index >= 15 is 0 Å². The van der Waals surface area contributed by atoms with Crippen molar-refractivity contribution in [2.24, 2.45) is 14.1 Å². The highest BCUT2D eigenvalue weighted by atomic mass is 16.5. The van der Waals surface area contributed by atoms with E-state index < -0.39 is 11.8 Å². The molecule has 6 rings (SSSR count). The molecule has 5 aromatic rings. The lowest BCUT2D eigenvalue weighted by Crippen LogP contribution is -2.37. The first-order valence-electron chi connectivity index (χ1n) is 10.7. The van der Waals surface area contributed by atoms with Crippen LogP contribution in [0.4, 0.5) is 0 Å². The third-order valence-corrected chi connectivity index (χ3v) is 6.41. The van der Waals surface area contributed by atoms with Gasteiger partial charge in [-0.1, -0.05) is 36.4 Å². The molecule has 1 aliphatic rings. The Hall–Kier alpha value is -4.26. The first-order valence-corrected chi connectivity index (χ1v) is 10.7. The molecule has 1 aliphatic heterocycles. The lowest BCUT2D eigenvalue weighted by Gasteiger charge is -2.28. The number of nitrogens with zero attached hydrogens (tertiary/aromatic N) is 3. The third kappa shape index (κ3) is 2.56. The fourth-order valence-electron chi connectivity index (χ4n) is 4.84. The van der Waals surface area contributed by atoms with E-state index in [1.54, 1.807) is 19.4 Å². The summed E-state index contributed by atoms with van der Waals surface area (Å²) in [5.41, 5.74) is 3.97. The smallest absolute Gasteiger partial charge is 0.331 e. The van der Waals surface area contributed by atoms with E-state index in [4.69, 9.17) is 9.15 Å². The zero-order valence-corrected chi connectivity index (χ0v) is 18.4. The summed E-state index contributed by atoms with van der Waals surface area (Å²) in [4.78, 5) is 26.6. The van der Waals surface area contributed by atoms with E-state index in [-0.39, 0.29) is 5.56 Å². The SMILES string of the molecule is Cc1ccccc1-c1c2c(=O)n(C)c(=O)n(C)c2c2n1-c1ccccc1OC2c1ccco1. The van der Waals surface area contributed by atoms with Crippen LogP contribution in [0.1, 0.15) is 23.1 Å². The van der Waals surface area contributed by atoms with Crippen LogP contribution in [0.3, 0.4) is 0 Å². The summed E-state index contributed by atoms with van der Waals surface area (Å²) >= 11 is 0. The van der Waals surface area contributed by atoms with E-state index in [0.717, 1.165) is 27.1 Å². The first-order chi connectivity index (χ1) is 16.0. The molecule has 7 heteroatoms. The lowest BCUT2D eigenvalue weighted by atomic mass is 10.0. The van der Waals surface area contributed by atoms with E-state index in [1.165, 1.54) is 11.6 Å². The van der Waals surface area contributed by atoms with Gasteiger partial charge in [-0.25, -0.2) is 4.79 Å². The Morgan fingerprint density at radius 3 is 2.39 bits per heavy atom. The van der Waals surface area contributed by atoms with Gasteiger partial charge in [0.2, 0.25) is 0 Å². The van der Waals surface area contributed by atoms with Crippen molar-refractivity contribution in [1.29, 1.82) is 0 Å². The quantitative estimate of drug-likeness (QED) is 0.416.